The largest absolute Gasteiger partial charge is 0.481 e. The average molecular weight is 608 g/mol. The van der Waals surface area contributed by atoms with Crippen LogP contribution in [0.15, 0.2) is 55.5 Å². The van der Waals surface area contributed by atoms with Crippen molar-refractivity contribution in [1.82, 2.24) is 40.9 Å². The highest BCUT2D eigenvalue weighted by Crippen LogP contribution is 2.19. The van der Waals surface area contributed by atoms with Crippen molar-refractivity contribution in [2.45, 2.75) is 56.3 Å². The van der Waals surface area contributed by atoms with E-state index in [0.717, 1.165) is 16.5 Å². The number of H-pyrrole nitrogens is 3. The Kier molecular flexibility index (Phi) is 10.4. The van der Waals surface area contributed by atoms with Crippen LogP contribution in [0.1, 0.15) is 29.8 Å². The highest BCUT2D eigenvalue weighted by atomic mass is 16.4. The Morgan fingerprint density at radius 1 is 0.773 bits per heavy atom. The SMILES string of the molecule is NC(Cc1cnc[nH]1)C(=O)NC(Cc1c[nH]c2ccccc12)C(=O)NC(Cc1cnc[nH]1)C(=O)NC(CCC(=O)O)C(=O)O. The number of aliphatic carboxylic acids is 2. The molecule has 4 atom stereocenters. The number of hydrogen-bond donors (Lipinski definition) is 9. The molecule has 0 bridgehead atoms. The number of benzene rings is 1. The van der Waals surface area contributed by atoms with Crippen LogP contribution in [-0.2, 0) is 43.2 Å². The van der Waals surface area contributed by atoms with Crippen molar-refractivity contribution >= 4 is 40.6 Å². The first-order chi connectivity index (χ1) is 21.1. The number of nitrogens with one attached hydrogen (secondary N) is 6. The molecule has 44 heavy (non-hydrogen) atoms. The van der Waals surface area contributed by atoms with Gasteiger partial charge in [0, 0.05) is 66.6 Å². The number of carbonyl (C=O) groups excluding carboxylic acids is 3. The van der Waals surface area contributed by atoms with Gasteiger partial charge >= 0.3 is 11.9 Å². The Bertz CT molecular complexity index is 1580. The summed E-state index contributed by atoms with van der Waals surface area (Å²) < 4.78 is 0. The molecule has 16 nitrogen and oxygen atoms in total. The topological polar surface area (TPSA) is 261 Å². The molecule has 0 aliphatic rings. The van der Waals surface area contributed by atoms with Crippen LogP contribution in [0, 0.1) is 0 Å². The second kappa shape index (κ2) is 14.6. The first kappa shape index (κ1) is 31.4. The number of hydrogen-bond acceptors (Lipinski definition) is 8. The summed E-state index contributed by atoms with van der Waals surface area (Å²) in [4.78, 5) is 79.6. The fraction of sp³-hybridized carbons (Fsp3) is 0.321. The lowest BCUT2D eigenvalue weighted by molar-refractivity contribution is -0.143. The van der Waals surface area contributed by atoms with E-state index < -0.39 is 60.2 Å². The molecule has 4 unspecified atom stereocenters. The van der Waals surface area contributed by atoms with Gasteiger partial charge < -0.3 is 46.8 Å². The van der Waals surface area contributed by atoms with E-state index in [2.05, 4.69) is 40.9 Å². The van der Waals surface area contributed by atoms with Gasteiger partial charge in [0.1, 0.15) is 18.1 Å². The summed E-state index contributed by atoms with van der Waals surface area (Å²) in [5, 5.41) is 27.0. The number of imidazole rings is 2. The number of aromatic amines is 3. The van der Waals surface area contributed by atoms with E-state index in [9.17, 15) is 29.1 Å². The van der Waals surface area contributed by atoms with E-state index in [1.807, 2.05) is 24.3 Å². The van der Waals surface area contributed by atoms with Gasteiger partial charge in [-0.05, 0) is 18.1 Å². The van der Waals surface area contributed by atoms with E-state index in [1.165, 1.54) is 25.0 Å². The number of rotatable bonds is 16. The first-order valence-corrected chi connectivity index (χ1v) is 13.7. The van der Waals surface area contributed by atoms with Crippen LogP contribution in [0.25, 0.3) is 10.9 Å². The van der Waals surface area contributed by atoms with Gasteiger partial charge in [-0.25, -0.2) is 14.8 Å². The molecule has 3 amide bonds. The molecule has 3 aromatic heterocycles. The summed E-state index contributed by atoms with van der Waals surface area (Å²) in [5.41, 5.74) is 8.75. The standard InChI is InChI=1S/C28H33N9O7/c29-19(8-16-11-30-13-33-16)25(40)36-22(7-15-10-32-20-4-2-1-3-18(15)20)26(41)37-23(9-17-12-31-14-34-17)27(42)35-21(28(43)44)5-6-24(38)39/h1-4,10-14,19,21-23,32H,5-9,29H2,(H,30,33)(H,31,34)(H,35,42)(H,36,40)(H,37,41)(H,38,39)(H,43,44). The van der Waals surface area contributed by atoms with Crippen LogP contribution in [0.2, 0.25) is 0 Å². The minimum absolute atomic E-state index is 0.0348. The number of nitrogens with zero attached hydrogens (tertiary/aromatic N) is 2. The van der Waals surface area contributed by atoms with Crippen LogP contribution >= 0.6 is 0 Å². The number of para-hydroxylation sites is 1. The van der Waals surface area contributed by atoms with Crippen molar-refractivity contribution in [1.29, 1.82) is 0 Å². The second-order valence-corrected chi connectivity index (χ2v) is 10.2. The highest BCUT2D eigenvalue weighted by Gasteiger charge is 2.31. The summed E-state index contributed by atoms with van der Waals surface area (Å²) >= 11 is 0. The fourth-order valence-corrected chi connectivity index (χ4v) is 4.63. The Morgan fingerprint density at radius 3 is 1.98 bits per heavy atom. The Labute approximate surface area is 250 Å². The highest BCUT2D eigenvalue weighted by molar-refractivity contribution is 5.95. The van der Waals surface area contributed by atoms with E-state index >= 15 is 0 Å². The maximum absolute atomic E-state index is 13.8. The quantitative estimate of drug-likeness (QED) is 0.0779. The molecule has 0 radical (unpaired) electrons. The molecular formula is C28H33N9O7. The molecule has 4 rings (SSSR count). The molecule has 232 valence electrons. The summed E-state index contributed by atoms with van der Waals surface area (Å²) in [6.45, 7) is 0. The second-order valence-electron chi connectivity index (χ2n) is 10.2. The number of nitrogens with two attached hydrogens (primary N) is 1. The van der Waals surface area contributed by atoms with Crippen LogP contribution in [0.4, 0.5) is 0 Å². The number of carboxylic acid groups (broad SMARTS) is 2. The van der Waals surface area contributed by atoms with Gasteiger partial charge in [-0.3, -0.25) is 19.2 Å². The fourth-order valence-electron chi connectivity index (χ4n) is 4.63. The molecule has 16 heteroatoms. The molecule has 10 N–H and O–H groups in total. The lowest BCUT2D eigenvalue weighted by atomic mass is 10.0. The van der Waals surface area contributed by atoms with Gasteiger partial charge in [0.25, 0.3) is 0 Å². The smallest absolute Gasteiger partial charge is 0.326 e. The zero-order chi connectivity index (χ0) is 31.6. The Hall–Kier alpha value is -5.51. The van der Waals surface area contributed by atoms with Crippen molar-refractivity contribution in [3.8, 4) is 0 Å². The van der Waals surface area contributed by atoms with Crippen molar-refractivity contribution in [3.63, 3.8) is 0 Å². The Morgan fingerprint density at radius 2 is 1.36 bits per heavy atom. The molecule has 3 heterocycles. The van der Waals surface area contributed by atoms with Crippen LogP contribution in [0.3, 0.4) is 0 Å². The van der Waals surface area contributed by atoms with Crippen LogP contribution in [0.5, 0.6) is 0 Å². The number of amides is 3. The number of carbonyl (C=O) groups is 5. The summed E-state index contributed by atoms with van der Waals surface area (Å²) in [6, 6.07) is 2.37. The van der Waals surface area contributed by atoms with E-state index in [4.69, 9.17) is 10.8 Å². The predicted octanol–water partition coefficient (Wildman–Crippen LogP) is -0.627. The maximum atomic E-state index is 13.8. The van der Waals surface area contributed by atoms with Gasteiger partial charge in [-0.2, -0.15) is 0 Å². The molecule has 4 aromatic rings. The average Bonchev–Trinajstić information content (AvgIpc) is 3.77. The zero-order valence-corrected chi connectivity index (χ0v) is 23.4. The summed E-state index contributed by atoms with van der Waals surface area (Å²) in [7, 11) is 0. The molecule has 0 saturated heterocycles. The third-order valence-corrected chi connectivity index (χ3v) is 6.94. The number of fused-ring (bicyclic) bond motifs is 1. The molecular weight excluding hydrogens is 574 g/mol. The maximum Gasteiger partial charge on any atom is 0.326 e. The third kappa shape index (κ3) is 8.51. The molecule has 0 saturated carbocycles. The lowest BCUT2D eigenvalue weighted by Gasteiger charge is -2.25. The number of carboxylic acids is 2. The molecule has 1 aromatic carbocycles. The van der Waals surface area contributed by atoms with Crippen molar-refractivity contribution in [2.75, 3.05) is 0 Å². The van der Waals surface area contributed by atoms with Crippen molar-refractivity contribution < 1.29 is 34.2 Å². The monoisotopic (exact) mass is 607 g/mol. The molecule has 0 spiro atoms. The van der Waals surface area contributed by atoms with Gasteiger partial charge in [0.2, 0.25) is 17.7 Å². The van der Waals surface area contributed by atoms with Gasteiger partial charge in [0.15, 0.2) is 0 Å². The molecule has 0 aliphatic carbocycles. The minimum Gasteiger partial charge on any atom is -0.481 e. The van der Waals surface area contributed by atoms with Crippen LogP contribution in [-0.4, -0.2) is 89.0 Å². The first-order valence-electron chi connectivity index (χ1n) is 13.7. The number of aromatic nitrogens is 5. The van der Waals surface area contributed by atoms with Crippen molar-refractivity contribution in [2.24, 2.45) is 5.73 Å². The van der Waals surface area contributed by atoms with Crippen molar-refractivity contribution in [3.05, 3.63) is 72.5 Å². The summed E-state index contributed by atoms with van der Waals surface area (Å²) in [5.74, 6) is -4.86. The van der Waals surface area contributed by atoms with E-state index in [1.54, 1.807) is 6.20 Å². The van der Waals surface area contributed by atoms with Gasteiger partial charge in [0.05, 0.1) is 18.7 Å². The zero-order valence-electron chi connectivity index (χ0n) is 23.4. The van der Waals surface area contributed by atoms with Crippen LogP contribution < -0.4 is 21.7 Å². The third-order valence-electron chi connectivity index (χ3n) is 6.94. The van der Waals surface area contributed by atoms with E-state index in [-0.39, 0.29) is 25.7 Å². The Balaban J connectivity index is 1.56. The lowest BCUT2D eigenvalue weighted by Crippen LogP contribution is -2.58. The molecule has 0 fully saturated rings. The summed E-state index contributed by atoms with van der Waals surface area (Å²) in [6.07, 6.45) is 6.72. The minimum atomic E-state index is -1.51. The van der Waals surface area contributed by atoms with Gasteiger partial charge in [-0.15, -0.1) is 0 Å². The van der Waals surface area contributed by atoms with Gasteiger partial charge in [-0.1, -0.05) is 18.2 Å². The predicted molar refractivity (Wildman–Crippen MR) is 155 cm³/mol. The molecule has 0 aliphatic heterocycles. The van der Waals surface area contributed by atoms with E-state index in [0.29, 0.717) is 11.4 Å². The normalized spacial score (nSPS) is 13.8.